The standard InChI is InChI=1S/C22H22Cl2N2O4S/c1-5-6-18-19(14-8-7-13(23)11-15(14)24)25-22(31-18)26-21(27)12-9-16(28-2)20(30-4)17(10-12)29-3/h7-11H,5-6H2,1-4H3,(H,25,26,27). The van der Waals surface area contributed by atoms with Crippen LogP contribution < -0.4 is 19.5 Å². The number of carbonyl (C=O) groups excluding carboxylic acids is 1. The quantitative estimate of drug-likeness (QED) is 0.406. The fourth-order valence-corrected chi connectivity index (χ4v) is 4.65. The second-order valence-corrected chi connectivity index (χ2v) is 8.46. The van der Waals surface area contributed by atoms with Gasteiger partial charge in [-0.05, 0) is 36.8 Å². The van der Waals surface area contributed by atoms with Crippen molar-refractivity contribution in [1.82, 2.24) is 4.98 Å². The van der Waals surface area contributed by atoms with E-state index in [9.17, 15) is 4.79 Å². The Kier molecular flexibility index (Phi) is 7.64. The monoisotopic (exact) mass is 480 g/mol. The molecule has 1 aromatic heterocycles. The van der Waals surface area contributed by atoms with Crippen molar-refractivity contribution in [3.8, 4) is 28.5 Å². The van der Waals surface area contributed by atoms with Gasteiger partial charge in [-0.2, -0.15) is 0 Å². The number of benzene rings is 2. The molecule has 0 atom stereocenters. The number of rotatable bonds is 8. The van der Waals surface area contributed by atoms with Gasteiger partial charge in [-0.1, -0.05) is 36.5 Å². The predicted octanol–water partition coefficient (Wildman–Crippen LogP) is 6.35. The number of carbonyl (C=O) groups is 1. The van der Waals surface area contributed by atoms with E-state index in [0.717, 1.165) is 29.0 Å². The second-order valence-electron chi connectivity index (χ2n) is 6.53. The van der Waals surface area contributed by atoms with Crippen molar-refractivity contribution in [2.24, 2.45) is 0 Å². The molecule has 0 saturated carbocycles. The highest BCUT2D eigenvalue weighted by molar-refractivity contribution is 7.16. The first-order valence-corrected chi connectivity index (χ1v) is 11.1. The average molecular weight is 481 g/mol. The molecule has 0 aliphatic heterocycles. The molecule has 1 amide bonds. The zero-order valence-corrected chi connectivity index (χ0v) is 19.9. The van der Waals surface area contributed by atoms with Crippen LogP contribution in [-0.4, -0.2) is 32.2 Å². The zero-order valence-electron chi connectivity index (χ0n) is 17.5. The SMILES string of the molecule is CCCc1sc(NC(=O)c2cc(OC)c(OC)c(OC)c2)nc1-c1ccc(Cl)cc1Cl. The molecule has 164 valence electrons. The summed E-state index contributed by atoms with van der Waals surface area (Å²) < 4.78 is 16.0. The highest BCUT2D eigenvalue weighted by atomic mass is 35.5. The Labute approximate surface area is 195 Å². The lowest BCUT2D eigenvalue weighted by molar-refractivity contribution is 0.102. The number of hydrogen-bond acceptors (Lipinski definition) is 6. The van der Waals surface area contributed by atoms with Gasteiger partial charge in [-0.15, -0.1) is 11.3 Å². The van der Waals surface area contributed by atoms with Crippen LogP contribution in [-0.2, 0) is 6.42 Å². The Morgan fingerprint density at radius 2 is 1.74 bits per heavy atom. The van der Waals surface area contributed by atoms with E-state index in [-0.39, 0.29) is 5.91 Å². The summed E-state index contributed by atoms with van der Waals surface area (Å²) in [6, 6.07) is 8.47. The van der Waals surface area contributed by atoms with Gasteiger partial charge in [0.2, 0.25) is 5.75 Å². The molecule has 1 N–H and O–H groups in total. The number of hydrogen-bond donors (Lipinski definition) is 1. The van der Waals surface area contributed by atoms with Gasteiger partial charge in [0.15, 0.2) is 16.6 Å². The predicted molar refractivity (Wildman–Crippen MR) is 126 cm³/mol. The molecule has 0 aliphatic carbocycles. The fourth-order valence-electron chi connectivity index (χ4n) is 3.08. The third-order valence-electron chi connectivity index (χ3n) is 4.51. The first-order chi connectivity index (χ1) is 14.9. The van der Waals surface area contributed by atoms with Gasteiger partial charge < -0.3 is 14.2 Å². The number of methoxy groups -OCH3 is 3. The molecule has 1 heterocycles. The fraction of sp³-hybridized carbons (Fsp3) is 0.273. The van der Waals surface area contributed by atoms with E-state index in [0.29, 0.717) is 38.0 Å². The number of amides is 1. The lowest BCUT2D eigenvalue weighted by Crippen LogP contribution is -2.12. The van der Waals surface area contributed by atoms with Gasteiger partial charge in [-0.3, -0.25) is 10.1 Å². The smallest absolute Gasteiger partial charge is 0.257 e. The topological polar surface area (TPSA) is 69.7 Å². The van der Waals surface area contributed by atoms with Crippen molar-refractivity contribution in [2.75, 3.05) is 26.6 Å². The molecule has 0 spiro atoms. The number of ether oxygens (including phenoxy) is 3. The summed E-state index contributed by atoms with van der Waals surface area (Å²) >= 11 is 13.8. The number of nitrogens with one attached hydrogen (secondary N) is 1. The molecule has 3 rings (SSSR count). The van der Waals surface area contributed by atoms with E-state index in [1.165, 1.54) is 32.7 Å². The lowest BCUT2D eigenvalue weighted by Gasteiger charge is -2.13. The first kappa shape index (κ1) is 23.2. The maximum absolute atomic E-state index is 12.9. The van der Waals surface area contributed by atoms with Crippen molar-refractivity contribution >= 4 is 45.6 Å². The number of anilines is 1. The van der Waals surface area contributed by atoms with E-state index in [1.807, 2.05) is 6.07 Å². The average Bonchev–Trinajstić information content (AvgIpc) is 3.14. The molecule has 0 fully saturated rings. The van der Waals surface area contributed by atoms with Crippen LogP contribution in [0.1, 0.15) is 28.6 Å². The Morgan fingerprint density at radius 1 is 1.06 bits per heavy atom. The molecule has 6 nitrogen and oxygen atoms in total. The van der Waals surface area contributed by atoms with Crippen LogP contribution in [0.25, 0.3) is 11.3 Å². The molecule has 31 heavy (non-hydrogen) atoms. The summed E-state index contributed by atoms with van der Waals surface area (Å²) in [7, 11) is 4.51. The Bertz CT molecular complexity index is 1080. The van der Waals surface area contributed by atoms with Crippen LogP contribution in [0.2, 0.25) is 10.0 Å². The number of nitrogens with zero attached hydrogens (tertiary/aromatic N) is 1. The van der Waals surface area contributed by atoms with Crippen LogP contribution in [0.3, 0.4) is 0 Å². The van der Waals surface area contributed by atoms with E-state index in [1.54, 1.807) is 24.3 Å². The molecule has 0 aliphatic rings. The molecule has 3 aromatic rings. The van der Waals surface area contributed by atoms with Gasteiger partial charge in [0.05, 0.1) is 32.0 Å². The Balaban J connectivity index is 1.95. The summed E-state index contributed by atoms with van der Waals surface area (Å²) in [4.78, 5) is 18.6. The van der Waals surface area contributed by atoms with Crippen LogP contribution >= 0.6 is 34.5 Å². The molecule has 0 unspecified atom stereocenters. The normalized spacial score (nSPS) is 10.6. The summed E-state index contributed by atoms with van der Waals surface area (Å²) in [6.45, 7) is 2.08. The maximum atomic E-state index is 12.9. The van der Waals surface area contributed by atoms with Crippen LogP contribution in [0.4, 0.5) is 5.13 Å². The summed E-state index contributed by atoms with van der Waals surface area (Å²) in [5.74, 6) is 0.864. The van der Waals surface area contributed by atoms with Gasteiger partial charge in [-0.25, -0.2) is 4.98 Å². The van der Waals surface area contributed by atoms with Crippen LogP contribution in [0, 0.1) is 0 Å². The van der Waals surface area contributed by atoms with Gasteiger partial charge in [0.1, 0.15) is 0 Å². The molecule has 2 aromatic carbocycles. The summed E-state index contributed by atoms with van der Waals surface area (Å²) in [5, 5.41) is 4.41. The minimum Gasteiger partial charge on any atom is -0.493 e. The third kappa shape index (κ3) is 5.06. The minimum atomic E-state index is -0.343. The van der Waals surface area contributed by atoms with Crippen molar-refractivity contribution in [1.29, 1.82) is 0 Å². The molecular weight excluding hydrogens is 459 g/mol. The molecule has 9 heteroatoms. The lowest BCUT2D eigenvalue weighted by atomic mass is 10.1. The highest BCUT2D eigenvalue weighted by Gasteiger charge is 2.20. The van der Waals surface area contributed by atoms with Gasteiger partial charge >= 0.3 is 0 Å². The number of thiazole rings is 1. The summed E-state index contributed by atoms with van der Waals surface area (Å²) in [5.41, 5.74) is 1.88. The molecular formula is C22H22Cl2N2O4S. The van der Waals surface area contributed by atoms with Gasteiger partial charge in [0.25, 0.3) is 5.91 Å². The maximum Gasteiger partial charge on any atom is 0.257 e. The van der Waals surface area contributed by atoms with Crippen molar-refractivity contribution in [3.63, 3.8) is 0 Å². The largest absolute Gasteiger partial charge is 0.493 e. The van der Waals surface area contributed by atoms with Crippen molar-refractivity contribution in [2.45, 2.75) is 19.8 Å². The van der Waals surface area contributed by atoms with E-state index < -0.39 is 0 Å². The summed E-state index contributed by atoms with van der Waals surface area (Å²) in [6.07, 6.45) is 1.74. The number of aryl methyl sites for hydroxylation is 1. The first-order valence-electron chi connectivity index (χ1n) is 9.48. The molecule has 0 bridgehead atoms. The minimum absolute atomic E-state index is 0.343. The second kappa shape index (κ2) is 10.2. The number of halogens is 2. The number of aromatic nitrogens is 1. The van der Waals surface area contributed by atoms with Crippen LogP contribution in [0.15, 0.2) is 30.3 Å². The van der Waals surface area contributed by atoms with Crippen molar-refractivity contribution in [3.05, 3.63) is 50.8 Å². The van der Waals surface area contributed by atoms with E-state index in [4.69, 9.17) is 37.4 Å². The van der Waals surface area contributed by atoms with Gasteiger partial charge in [0, 0.05) is 21.0 Å². The van der Waals surface area contributed by atoms with Crippen molar-refractivity contribution < 1.29 is 19.0 Å². The van der Waals surface area contributed by atoms with Crippen LogP contribution in [0.5, 0.6) is 17.2 Å². The Hall–Kier alpha value is -2.48. The highest BCUT2D eigenvalue weighted by Crippen LogP contribution is 2.39. The van der Waals surface area contributed by atoms with E-state index in [2.05, 4.69) is 17.2 Å². The zero-order chi connectivity index (χ0) is 22.5. The van der Waals surface area contributed by atoms with E-state index >= 15 is 0 Å². The third-order valence-corrected chi connectivity index (χ3v) is 6.09. The Morgan fingerprint density at radius 3 is 2.29 bits per heavy atom. The molecule has 0 radical (unpaired) electrons. The molecule has 0 saturated heterocycles.